The average Bonchev–Trinajstić information content (AvgIpc) is 3.49. The summed E-state index contributed by atoms with van der Waals surface area (Å²) in [7, 11) is 1.68. The Labute approximate surface area is 219 Å². The van der Waals surface area contributed by atoms with Crippen LogP contribution in [0.25, 0.3) is 0 Å². The fourth-order valence-electron chi connectivity index (χ4n) is 5.16. The second kappa shape index (κ2) is 10.6. The van der Waals surface area contributed by atoms with Gasteiger partial charge in [-0.2, -0.15) is 0 Å². The van der Waals surface area contributed by atoms with Crippen LogP contribution in [0.4, 0.5) is 10.1 Å². The third-order valence-corrected chi connectivity index (χ3v) is 6.96. The van der Waals surface area contributed by atoms with Gasteiger partial charge in [-0.15, -0.1) is 0 Å². The van der Waals surface area contributed by atoms with Gasteiger partial charge in [0.05, 0.1) is 38.1 Å². The van der Waals surface area contributed by atoms with Gasteiger partial charge in [0, 0.05) is 30.8 Å². The molecule has 0 radical (unpaired) electrons. The lowest BCUT2D eigenvalue weighted by molar-refractivity contribution is 0.0962. The van der Waals surface area contributed by atoms with E-state index < -0.39 is 5.82 Å². The first-order chi connectivity index (χ1) is 17.6. The highest BCUT2D eigenvalue weighted by Crippen LogP contribution is 2.42. The molecule has 1 saturated heterocycles. The van der Waals surface area contributed by atoms with Crippen molar-refractivity contribution in [3.05, 3.63) is 46.3 Å². The molecule has 2 heterocycles. The van der Waals surface area contributed by atoms with Crippen molar-refractivity contribution < 1.29 is 23.4 Å². The summed E-state index contributed by atoms with van der Waals surface area (Å²) in [6, 6.07) is 5.55. The van der Waals surface area contributed by atoms with E-state index >= 15 is 4.39 Å². The zero-order valence-corrected chi connectivity index (χ0v) is 22.8. The van der Waals surface area contributed by atoms with E-state index in [4.69, 9.17) is 19.6 Å². The van der Waals surface area contributed by atoms with Gasteiger partial charge >= 0.3 is 0 Å². The summed E-state index contributed by atoms with van der Waals surface area (Å²) in [4.78, 5) is 17.5. The van der Waals surface area contributed by atoms with Crippen LogP contribution < -0.4 is 19.1 Å². The molecule has 0 bridgehead atoms. The number of nitrogens with zero attached hydrogens (tertiary/aromatic N) is 2. The van der Waals surface area contributed by atoms with Crippen molar-refractivity contribution in [3.63, 3.8) is 0 Å². The molecule has 0 aromatic heterocycles. The van der Waals surface area contributed by atoms with Crippen molar-refractivity contribution >= 4 is 17.3 Å². The van der Waals surface area contributed by atoms with Crippen molar-refractivity contribution in [1.82, 2.24) is 4.90 Å². The third-order valence-electron chi connectivity index (χ3n) is 6.96. The first-order valence-electron chi connectivity index (χ1n) is 13.1. The van der Waals surface area contributed by atoms with E-state index in [0.29, 0.717) is 23.5 Å². The lowest BCUT2D eigenvalue weighted by Crippen LogP contribution is -2.31. The Morgan fingerprint density at radius 2 is 1.73 bits per heavy atom. The van der Waals surface area contributed by atoms with Gasteiger partial charge < -0.3 is 24.0 Å². The molecule has 1 fully saturated rings. The Bertz CT molecular complexity index is 1200. The first-order valence-corrected chi connectivity index (χ1v) is 13.1. The third kappa shape index (κ3) is 5.11. The van der Waals surface area contributed by atoms with Crippen LogP contribution in [0, 0.1) is 11.2 Å². The molecule has 2 aliphatic rings. The summed E-state index contributed by atoms with van der Waals surface area (Å²) in [5.41, 5.74) is 3.02. The summed E-state index contributed by atoms with van der Waals surface area (Å²) >= 11 is 0. The number of carbonyl (C=O) groups excluding carboxylic acids is 1. The van der Waals surface area contributed by atoms with Gasteiger partial charge in [-0.05, 0) is 55.9 Å². The van der Waals surface area contributed by atoms with Gasteiger partial charge in [-0.1, -0.05) is 20.8 Å². The van der Waals surface area contributed by atoms with E-state index in [9.17, 15) is 4.79 Å². The number of rotatable bonds is 9. The zero-order valence-electron chi connectivity index (χ0n) is 22.8. The molecule has 2 aromatic rings. The highest BCUT2D eigenvalue weighted by atomic mass is 19.1. The molecular formula is C29H38FN3O4. The molecule has 2 aromatic carbocycles. The standard InChI is InChI=1S/C29H38FN3O4/c1-7-36-23-15-19-16-33(28(31)24(19)25(30)27(23)37-8-2)17-22(34)18-13-20(29(3,4)5)26(35-6)21(14-18)32-11-9-10-12-32/h13-15,31H,7-12,16-17H2,1-6H3. The van der Waals surface area contributed by atoms with E-state index in [1.54, 1.807) is 25.0 Å². The molecule has 0 spiro atoms. The van der Waals surface area contributed by atoms with Crippen LogP contribution >= 0.6 is 0 Å². The molecule has 37 heavy (non-hydrogen) atoms. The molecule has 0 aliphatic carbocycles. The number of hydrogen-bond acceptors (Lipinski definition) is 6. The van der Waals surface area contributed by atoms with E-state index in [1.807, 2.05) is 19.1 Å². The van der Waals surface area contributed by atoms with Crippen molar-refractivity contribution in [1.29, 1.82) is 5.41 Å². The molecule has 0 unspecified atom stereocenters. The molecular weight excluding hydrogens is 473 g/mol. The summed E-state index contributed by atoms with van der Waals surface area (Å²) in [5, 5.41) is 8.68. The molecule has 4 rings (SSSR count). The molecule has 7 nitrogen and oxygen atoms in total. The Morgan fingerprint density at radius 1 is 1.05 bits per heavy atom. The number of benzene rings is 2. The van der Waals surface area contributed by atoms with Gasteiger partial charge in [0.1, 0.15) is 11.6 Å². The molecule has 0 amide bonds. The number of Topliss-reactive ketones (excluding diaryl/α,β-unsaturated/α-hetero) is 1. The zero-order chi connectivity index (χ0) is 26.9. The topological polar surface area (TPSA) is 75.1 Å². The fourth-order valence-corrected chi connectivity index (χ4v) is 5.16. The number of fused-ring (bicyclic) bond motifs is 1. The molecule has 0 saturated carbocycles. The van der Waals surface area contributed by atoms with Gasteiger partial charge in [0.25, 0.3) is 0 Å². The number of ether oxygens (including phenoxy) is 3. The van der Waals surface area contributed by atoms with E-state index in [2.05, 4.69) is 25.7 Å². The van der Waals surface area contributed by atoms with Crippen LogP contribution in [0.1, 0.15) is 74.5 Å². The van der Waals surface area contributed by atoms with E-state index in [0.717, 1.165) is 42.9 Å². The Hall–Kier alpha value is -3.29. The number of nitrogens with one attached hydrogen (secondary N) is 1. The van der Waals surface area contributed by atoms with Crippen LogP contribution in [0.15, 0.2) is 18.2 Å². The Balaban J connectivity index is 1.67. The van der Waals surface area contributed by atoms with Gasteiger partial charge in [0.2, 0.25) is 0 Å². The summed E-state index contributed by atoms with van der Waals surface area (Å²) in [6.07, 6.45) is 2.21. The highest BCUT2D eigenvalue weighted by Gasteiger charge is 2.34. The minimum absolute atomic E-state index is 0.0151. The number of hydrogen-bond donors (Lipinski definition) is 1. The van der Waals surface area contributed by atoms with Crippen molar-refractivity contribution in [2.75, 3.05) is 44.9 Å². The number of amidine groups is 1. The van der Waals surface area contributed by atoms with Gasteiger partial charge in [0.15, 0.2) is 23.1 Å². The smallest absolute Gasteiger partial charge is 0.197 e. The summed E-state index contributed by atoms with van der Waals surface area (Å²) in [5.74, 6) is 0.388. The highest BCUT2D eigenvalue weighted by molar-refractivity contribution is 6.06. The van der Waals surface area contributed by atoms with Gasteiger partial charge in [-0.25, -0.2) is 4.39 Å². The fraction of sp³-hybridized carbons (Fsp3) is 0.517. The van der Waals surface area contributed by atoms with Crippen molar-refractivity contribution in [2.24, 2.45) is 0 Å². The lowest BCUT2D eigenvalue weighted by Gasteiger charge is -2.29. The van der Waals surface area contributed by atoms with Crippen LogP contribution in [0.5, 0.6) is 17.2 Å². The SMILES string of the molecule is CCOc1cc2c(c(F)c1OCC)C(=N)N(CC(=O)c1cc(N3CCCC3)c(OC)c(C(C)(C)C)c1)C2. The minimum Gasteiger partial charge on any atom is -0.494 e. The maximum atomic E-state index is 15.4. The van der Waals surface area contributed by atoms with Crippen LogP contribution in [0.3, 0.4) is 0 Å². The Kier molecular flexibility index (Phi) is 7.67. The van der Waals surface area contributed by atoms with Crippen LogP contribution in [-0.2, 0) is 12.0 Å². The van der Waals surface area contributed by atoms with E-state index in [-0.39, 0.29) is 48.0 Å². The average molecular weight is 512 g/mol. The monoisotopic (exact) mass is 511 g/mol. The maximum absolute atomic E-state index is 15.4. The maximum Gasteiger partial charge on any atom is 0.197 e. The number of anilines is 1. The quantitative estimate of drug-likeness (QED) is 0.445. The van der Waals surface area contributed by atoms with Crippen LogP contribution in [0.2, 0.25) is 0 Å². The predicted molar refractivity (Wildman–Crippen MR) is 143 cm³/mol. The predicted octanol–water partition coefficient (Wildman–Crippen LogP) is 5.55. The lowest BCUT2D eigenvalue weighted by atomic mass is 9.84. The second-order valence-electron chi connectivity index (χ2n) is 10.6. The largest absolute Gasteiger partial charge is 0.494 e. The van der Waals surface area contributed by atoms with Gasteiger partial charge in [-0.3, -0.25) is 10.2 Å². The summed E-state index contributed by atoms with van der Waals surface area (Å²) in [6.45, 7) is 12.6. The molecule has 0 atom stereocenters. The second-order valence-corrected chi connectivity index (χ2v) is 10.6. The van der Waals surface area contributed by atoms with Crippen molar-refractivity contribution in [3.8, 4) is 17.2 Å². The molecule has 1 N–H and O–H groups in total. The minimum atomic E-state index is -0.612. The first kappa shape index (κ1) is 26.8. The van der Waals surface area contributed by atoms with Crippen LogP contribution in [-0.4, -0.2) is 56.5 Å². The number of halogens is 1. The number of ketones is 1. The van der Waals surface area contributed by atoms with E-state index in [1.165, 1.54) is 0 Å². The number of methoxy groups -OCH3 is 1. The number of carbonyl (C=O) groups is 1. The normalized spacial score (nSPS) is 15.3. The molecule has 200 valence electrons. The molecule has 2 aliphatic heterocycles. The Morgan fingerprint density at radius 3 is 2.32 bits per heavy atom. The molecule has 8 heteroatoms. The summed E-state index contributed by atoms with van der Waals surface area (Å²) < 4.78 is 32.4. The van der Waals surface area contributed by atoms with Crippen molar-refractivity contribution in [2.45, 2.75) is 59.4 Å².